The summed E-state index contributed by atoms with van der Waals surface area (Å²) in [4.78, 5) is 19.0. The largest absolute Gasteiger partial charge is 0.481 e. The molecule has 5 rings (SSSR count). The Kier molecular flexibility index (Phi) is 6.01. The fourth-order valence-corrected chi connectivity index (χ4v) is 5.35. The first kappa shape index (κ1) is 23.7. The summed E-state index contributed by atoms with van der Waals surface area (Å²) in [5, 5.41) is 20.2. The summed E-state index contributed by atoms with van der Waals surface area (Å²) in [6.07, 6.45) is 2.17. The van der Waals surface area contributed by atoms with E-state index in [0.29, 0.717) is 43.1 Å². The smallest absolute Gasteiger partial charge is 0.310 e. The molecule has 1 saturated carbocycles. The molecule has 7 nitrogen and oxygen atoms in total. The third-order valence-corrected chi connectivity index (χ3v) is 7.63. The number of nitrogens with zero attached hydrogens (tertiary/aromatic N) is 3. The molecule has 0 unspecified atom stereocenters. The summed E-state index contributed by atoms with van der Waals surface area (Å²) in [5.41, 5.74) is -0.0886. The Morgan fingerprint density at radius 1 is 1.17 bits per heavy atom. The molecule has 184 valence electrons. The number of anilines is 2. The number of hydrogen-bond donors (Lipinski definition) is 3. The normalized spacial score (nSPS) is 18.9. The maximum absolute atomic E-state index is 14.8. The Morgan fingerprint density at radius 2 is 1.91 bits per heavy atom. The second-order valence-corrected chi connectivity index (χ2v) is 9.98. The molecule has 3 heterocycles. The highest BCUT2D eigenvalue weighted by Gasteiger charge is 2.54. The highest BCUT2D eigenvalue weighted by molar-refractivity contribution is 6.30. The number of H-pyrrole nitrogens is 1. The van der Waals surface area contributed by atoms with E-state index in [1.807, 2.05) is 6.92 Å². The number of hydrogen-bond acceptors (Lipinski definition) is 5. The van der Waals surface area contributed by atoms with Crippen LogP contribution < -0.4 is 5.32 Å². The Bertz CT molecular complexity index is 1270. The number of carboxylic acid groups (broad SMARTS) is 1. The second-order valence-electron chi connectivity index (χ2n) is 9.57. The molecule has 2 aliphatic rings. The van der Waals surface area contributed by atoms with E-state index < -0.39 is 28.6 Å². The molecule has 0 radical (unpaired) electrons. The fourth-order valence-electron chi connectivity index (χ4n) is 5.18. The van der Waals surface area contributed by atoms with Crippen molar-refractivity contribution >= 4 is 29.2 Å². The Hall–Kier alpha value is -3.04. The van der Waals surface area contributed by atoms with Crippen LogP contribution in [0.2, 0.25) is 5.02 Å². The van der Waals surface area contributed by atoms with Gasteiger partial charge in [-0.2, -0.15) is 5.10 Å². The van der Waals surface area contributed by atoms with Gasteiger partial charge < -0.3 is 10.4 Å². The van der Waals surface area contributed by atoms with Gasteiger partial charge in [0.25, 0.3) is 0 Å². The van der Waals surface area contributed by atoms with E-state index in [-0.39, 0.29) is 17.1 Å². The van der Waals surface area contributed by atoms with Crippen LogP contribution in [0.1, 0.15) is 42.6 Å². The van der Waals surface area contributed by atoms with Crippen LogP contribution in [0, 0.1) is 24.0 Å². The van der Waals surface area contributed by atoms with Gasteiger partial charge in [-0.1, -0.05) is 23.7 Å². The van der Waals surface area contributed by atoms with Crippen molar-refractivity contribution in [3.8, 4) is 0 Å². The van der Waals surface area contributed by atoms with Gasteiger partial charge in [0.1, 0.15) is 17.5 Å². The van der Waals surface area contributed by atoms with Gasteiger partial charge in [-0.3, -0.25) is 14.8 Å². The Balaban J connectivity index is 1.34. The quantitative estimate of drug-likeness (QED) is 0.412. The maximum Gasteiger partial charge on any atom is 0.310 e. The van der Waals surface area contributed by atoms with Gasteiger partial charge in [0, 0.05) is 42.4 Å². The number of aliphatic carboxylic acids is 1. The number of pyridine rings is 1. The molecule has 35 heavy (non-hydrogen) atoms. The number of aryl methyl sites for hydroxylation is 1. The maximum atomic E-state index is 14.8. The SMILES string of the molecule is Cc1cc(Nc2ccc(F)c(CC3(C(=O)O)CCN(C4(c5cccc(Cl)c5F)CC4)CC3)n2)n[nH]1. The van der Waals surface area contributed by atoms with Crippen LogP contribution in [0.15, 0.2) is 36.4 Å². The predicted octanol–water partition coefficient (Wildman–Crippen LogP) is 5.19. The lowest BCUT2D eigenvalue weighted by atomic mass is 9.74. The Morgan fingerprint density at radius 3 is 2.54 bits per heavy atom. The van der Waals surface area contributed by atoms with Crippen molar-refractivity contribution in [3.05, 3.63) is 70.0 Å². The number of aromatic amines is 1. The highest BCUT2D eigenvalue weighted by Crippen LogP contribution is 2.54. The molecule has 0 amide bonds. The van der Waals surface area contributed by atoms with Crippen molar-refractivity contribution in [2.24, 2.45) is 5.41 Å². The van der Waals surface area contributed by atoms with E-state index in [1.54, 1.807) is 18.2 Å². The molecular weight excluding hydrogens is 476 g/mol. The summed E-state index contributed by atoms with van der Waals surface area (Å²) in [6.45, 7) is 2.78. The molecule has 3 aromatic rings. The average molecular weight is 502 g/mol. The van der Waals surface area contributed by atoms with Crippen molar-refractivity contribution in [1.29, 1.82) is 0 Å². The van der Waals surface area contributed by atoms with Crippen molar-refractivity contribution in [1.82, 2.24) is 20.1 Å². The first-order valence-corrected chi connectivity index (χ1v) is 12.0. The summed E-state index contributed by atoms with van der Waals surface area (Å²) in [7, 11) is 0. The molecule has 10 heteroatoms. The number of aromatic nitrogens is 3. The van der Waals surface area contributed by atoms with Crippen LogP contribution in [-0.4, -0.2) is 44.2 Å². The minimum absolute atomic E-state index is 0.0321. The van der Waals surface area contributed by atoms with E-state index in [2.05, 4.69) is 25.4 Å². The zero-order valence-electron chi connectivity index (χ0n) is 19.2. The number of rotatable bonds is 7. The van der Waals surface area contributed by atoms with E-state index >= 15 is 0 Å². The van der Waals surface area contributed by atoms with E-state index in [4.69, 9.17) is 11.6 Å². The van der Waals surface area contributed by atoms with Crippen LogP contribution in [-0.2, 0) is 16.8 Å². The number of nitrogens with one attached hydrogen (secondary N) is 2. The van der Waals surface area contributed by atoms with Gasteiger partial charge in [0.05, 0.1) is 16.1 Å². The summed E-state index contributed by atoms with van der Waals surface area (Å²) in [5.74, 6) is -1.00. The molecule has 2 fully saturated rings. The molecule has 1 aliphatic carbocycles. The summed E-state index contributed by atoms with van der Waals surface area (Å²) in [6, 6.07) is 9.60. The third-order valence-electron chi connectivity index (χ3n) is 7.34. The molecule has 1 saturated heterocycles. The first-order valence-electron chi connectivity index (χ1n) is 11.6. The van der Waals surface area contributed by atoms with E-state index in [9.17, 15) is 18.7 Å². The molecule has 0 spiro atoms. The molecule has 2 aromatic heterocycles. The molecule has 0 atom stereocenters. The van der Waals surface area contributed by atoms with Crippen LogP contribution in [0.25, 0.3) is 0 Å². The van der Waals surface area contributed by atoms with Gasteiger partial charge in [0.2, 0.25) is 0 Å². The van der Waals surface area contributed by atoms with E-state index in [0.717, 1.165) is 18.5 Å². The molecule has 1 aromatic carbocycles. The number of carbonyl (C=O) groups is 1. The van der Waals surface area contributed by atoms with Gasteiger partial charge >= 0.3 is 5.97 Å². The van der Waals surface area contributed by atoms with Gasteiger partial charge in [-0.15, -0.1) is 0 Å². The number of likely N-dealkylation sites (tertiary alicyclic amines) is 1. The van der Waals surface area contributed by atoms with Crippen LogP contribution in [0.3, 0.4) is 0 Å². The first-order chi connectivity index (χ1) is 16.7. The van der Waals surface area contributed by atoms with Gasteiger partial charge in [-0.05, 0) is 50.8 Å². The van der Waals surface area contributed by atoms with Crippen molar-refractivity contribution < 1.29 is 18.7 Å². The van der Waals surface area contributed by atoms with E-state index in [1.165, 1.54) is 18.2 Å². The van der Waals surface area contributed by atoms with Crippen LogP contribution in [0.5, 0.6) is 0 Å². The number of carboxylic acids is 1. The average Bonchev–Trinajstić information content (AvgIpc) is 3.53. The third kappa shape index (κ3) is 4.38. The summed E-state index contributed by atoms with van der Waals surface area (Å²) >= 11 is 6.02. The number of benzene rings is 1. The number of piperidine rings is 1. The predicted molar refractivity (Wildman–Crippen MR) is 128 cm³/mol. The minimum atomic E-state index is -1.16. The fraction of sp³-hybridized carbons (Fsp3) is 0.400. The second kappa shape index (κ2) is 8.87. The van der Waals surface area contributed by atoms with Crippen molar-refractivity contribution in [2.75, 3.05) is 18.4 Å². The topological polar surface area (TPSA) is 94.1 Å². The molecule has 1 aliphatic heterocycles. The van der Waals surface area contributed by atoms with Gasteiger partial charge in [-0.25, -0.2) is 13.8 Å². The molecule has 3 N–H and O–H groups in total. The Labute approximate surface area is 206 Å². The van der Waals surface area contributed by atoms with Crippen LogP contribution in [0.4, 0.5) is 20.4 Å². The lowest BCUT2D eigenvalue weighted by Gasteiger charge is -2.43. The number of halogens is 3. The van der Waals surface area contributed by atoms with Gasteiger partial charge in [0.15, 0.2) is 5.82 Å². The van der Waals surface area contributed by atoms with Crippen LogP contribution >= 0.6 is 11.6 Å². The summed E-state index contributed by atoms with van der Waals surface area (Å²) < 4.78 is 29.5. The lowest BCUT2D eigenvalue weighted by Crippen LogP contribution is -2.49. The van der Waals surface area contributed by atoms with Crippen molar-refractivity contribution in [3.63, 3.8) is 0 Å². The van der Waals surface area contributed by atoms with Crippen molar-refractivity contribution in [2.45, 2.75) is 44.6 Å². The minimum Gasteiger partial charge on any atom is -0.481 e. The highest BCUT2D eigenvalue weighted by atomic mass is 35.5. The standard InChI is InChI=1S/C25H26ClF2N5O2/c1-15-13-21(32-31-15)30-20-6-5-18(27)19(29-20)14-24(23(34)35)9-11-33(12-10-24)25(7-8-25)16-3-2-4-17(26)22(16)28/h2-6,13H,7-12,14H2,1H3,(H,34,35)(H2,29,30,31,32). The molecular formula is C25H26ClF2N5O2. The zero-order chi connectivity index (χ0) is 24.8. The zero-order valence-corrected chi connectivity index (χ0v) is 20.0. The monoisotopic (exact) mass is 501 g/mol. The molecule has 0 bridgehead atoms. The lowest BCUT2D eigenvalue weighted by molar-refractivity contribution is -0.152.